The van der Waals surface area contributed by atoms with Crippen molar-refractivity contribution in [1.82, 2.24) is 0 Å². The molecule has 2 saturated heterocycles. The summed E-state index contributed by atoms with van der Waals surface area (Å²) in [4.78, 5) is 0. The molecule has 0 amide bonds. The van der Waals surface area contributed by atoms with Crippen molar-refractivity contribution in [2.45, 2.75) is 58.2 Å². The Labute approximate surface area is 123 Å². The van der Waals surface area contributed by atoms with Crippen LogP contribution in [0.3, 0.4) is 0 Å². The highest BCUT2D eigenvalue weighted by atomic mass is 16.5. The standard InChI is InChI=1S/C18H28O2/c1-13-3-6-15(7-4-13)16-8-10-18(20-12-16)17-9-5-14(2)11-19-17/h3-4,6,14-18H,5,7-12H2,1-2H3. The third-order valence-corrected chi connectivity index (χ3v) is 5.22. The van der Waals surface area contributed by atoms with Crippen molar-refractivity contribution in [3.8, 4) is 0 Å². The molecule has 0 aromatic rings. The largest absolute Gasteiger partial charge is 0.375 e. The van der Waals surface area contributed by atoms with Gasteiger partial charge in [0.2, 0.25) is 0 Å². The van der Waals surface area contributed by atoms with Crippen LogP contribution in [-0.2, 0) is 9.47 Å². The Balaban J connectivity index is 1.46. The maximum atomic E-state index is 6.17. The first-order valence-electron chi connectivity index (χ1n) is 8.30. The highest BCUT2D eigenvalue weighted by molar-refractivity contribution is 5.21. The van der Waals surface area contributed by atoms with Crippen LogP contribution in [0.15, 0.2) is 23.8 Å². The number of rotatable bonds is 2. The summed E-state index contributed by atoms with van der Waals surface area (Å²) >= 11 is 0. The van der Waals surface area contributed by atoms with Gasteiger partial charge in [-0.3, -0.25) is 0 Å². The average molecular weight is 276 g/mol. The van der Waals surface area contributed by atoms with Crippen molar-refractivity contribution in [2.75, 3.05) is 13.2 Å². The molecule has 5 unspecified atom stereocenters. The third-order valence-electron chi connectivity index (χ3n) is 5.22. The second-order valence-corrected chi connectivity index (χ2v) is 6.97. The molecule has 2 nitrogen and oxygen atoms in total. The van der Waals surface area contributed by atoms with Gasteiger partial charge in [0.15, 0.2) is 0 Å². The van der Waals surface area contributed by atoms with E-state index in [2.05, 4.69) is 32.1 Å². The fourth-order valence-electron chi connectivity index (χ4n) is 3.71. The minimum absolute atomic E-state index is 0.351. The minimum atomic E-state index is 0.351. The number of hydrogen-bond acceptors (Lipinski definition) is 2. The van der Waals surface area contributed by atoms with E-state index in [1.54, 1.807) is 0 Å². The van der Waals surface area contributed by atoms with Crippen LogP contribution >= 0.6 is 0 Å². The van der Waals surface area contributed by atoms with Gasteiger partial charge >= 0.3 is 0 Å². The maximum Gasteiger partial charge on any atom is 0.0836 e. The lowest BCUT2D eigenvalue weighted by molar-refractivity contribution is -0.132. The Morgan fingerprint density at radius 1 is 1.00 bits per heavy atom. The van der Waals surface area contributed by atoms with Crippen LogP contribution < -0.4 is 0 Å². The first-order valence-corrected chi connectivity index (χ1v) is 8.30. The fraction of sp³-hybridized carbons (Fsp3) is 0.778. The van der Waals surface area contributed by atoms with Gasteiger partial charge in [0.1, 0.15) is 0 Å². The molecular weight excluding hydrogens is 248 g/mol. The van der Waals surface area contributed by atoms with E-state index < -0.39 is 0 Å². The van der Waals surface area contributed by atoms with Crippen LogP contribution in [-0.4, -0.2) is 25.4 Å². The van der Waals surface area contributed by atoms with Gasteiger partial charge in [-0.1, -0.05) is 30.7 Å². The van der Waals surface area contributed by atoms with Crippen molar-refractivity contribution in [1.29, 1.82) is 0 Å². The quantitative estimate of drug-likeness (QED) is 0.755. The smallest absolute Gasteiger partial charge is 0.0836 e. The van der Waals surface area contributed by atoms with Crippen molar-refractivity contribution in [3.63, 3.8) is 0 Å². The first-order chi connectivity index (χ1) is 9.72. The van der Waals surface area contributed by atoms with Gasteiger partial charge < -0.3 is 9.47 Å². The van der Waals surface area contributed by atoms with Crippen molar-refractivity contribution < 1.29 is 9.47 Å². The highest BCUT2D eigenvalue weighted by Gasteiger charge is 2.33. The fourth-order valence-corrected chi connectivity index (χ4v) is 3.71. The molecule has 1 aliphatic carbocycles. The molecule has 0 aromatic heterocycles. The lowest BCUT2D eigenvalue weighted by Crippen LogP contribution is -2.41. The van der Waals surface area contributed by atoms with Gasteiger partial charge in [-0.05, 0) is 56.8 Å². The SMILES string of the molecule is CC1=CCC(C2CCC(C3CCC(C)CO3)OC2)C=C1. The zero-order valence-corrected chi connectivity index (χ0v) is 12.9. The summed E-state index contributed by atoms with van der Waals surface area (Å²) in [6, 6.07) is 0. The predicted octanol–water partition coefficient (Wildman–Crippen LogP) is 4.12. The first kappa shape index (κ1) is 14.3. The van der Waals surface area contributed by atoms with E-state index in [0.717, 1.165) is 19.1 Å². The molecule has 0 bridgehead atoms. The third kappa shape index (κ3) is 3.35. The van der Waals surface area contributed by atoms with E-state index in [-0.39, 0.29) is 0 Å². The van der Waals surface area contributed by atoms with Gasteiger partial charge in [-0.15, -0.1) is 0 Å². The highest BCUT2D eigenvalue weighted by Crippen LogP contribution is 2.34. The molecule has 0 N–H and O–H groups in total. The summed E-state index contributed by atoms with van der Waals surface area (Å²) in [5.41, 5.74) is 1.40. The summed E-state index contributed by atoms with van der Waals surface area (Å²) in [7, 11) is 0. The Hall–Kier alpha value is -0.600. The van der Waals surface area contributed by atoms with Crippen LogP contribution in [0.5, 0.6) is 0 Å². The predicted molar refractivity (Wildman–Crippen MR) is 81.6 cm³/mol. The Kier molecular flexibility index (Phi) is 4.62. The monoisotopic (exact) mass is 276 g/mol. The van der Waals surface area contributed by atoms with Gasteiger partial charge in [0, 0.05) is 6.61 Å². The molecule has 0 radical (unpaired) electrons. The summed E-state index contributed by atoms with van der Waals surface area (Å²) in [5, 5.41) is 0. The molecule has 5 atom stereocenters. The Morgan fingerprint density at radius 3 is 2.30 bits per heavy atom. The van der Waals surface area contributed by atoms with Gasteiger partial charge in [0.25, 0.3) is 0 Å². The molecule has 0 saturated carbocycles. The molecular formula is C18H28O2. The van der Waals surface area contributed by atoms with Gasteiger partial charge in [-0.25, -0.2) is 0 Å². The van der Waals surface area contributed by atoms with Crippen LogP contribution in [0.1, 0.15) is 46.0 Å². The van der Waals surface area contributed by atoms with E-state index in [1.807, 2.05) is 0 Å². The summed E-state index contributed by atoms with van der Waals surface area (Å²) < 4.78 is 12.1. The van der Waals surface area contributed by atoms with Crippen LogP contribution in [0.2, 0.25) is 0 Å². The molecule has 112 valence electrons. The summed E-state index contributed by atoms with van der Waals surface area (Å²) in [6.45, 7) is 6.30. The average Bonchev–Trinajstić information content (AvgIpc) is 2.49. The van der Waals surface area contributed by atoms with E-state index >= 15 is 0 Å². The molecule has 2 heterocycles. The second-order valence-electron chi connectivity index (χ2n) is 6.97. The summed E-state index contributed by atoms with van der Waals surface area (Å²) in [5.74, 6) is 2.12. The van der Waals surface area contributed by atoms with Gasteiger partial charge in [-0.2, -0.15) is 0 Å². The molecule has 3 aliphatic rings. The number of allylic oxidation sites excluding steroid dienone is 4. The molecule has 20 heavy (non-hydrogen) atoms. The van der Waals surface area contributed by atoms with Gasteiger partial charge in [0.05, 0.1) is 18.8 Å². The zero-order chi connectivity index (χ0) is 13.9. The van der Waals surface area contributed by atoms with E-state index in [1.165, 1.54) is 37.7 Å². The molecule has 0 spiro atoms. The van der Waals surface area contributed by atoms with Crippen molar-refractivity contribution in [3.05, 3.63) is 23.8 Å². The molecule has 2 heteroatoms. The minimum Gasteiger partial charge on any atom is -0.375 e. The second kappa shape index (κ2) is 6.44. The van der Waals surface area contributed by atoms with Crippen molar-refractivity contribution in [2.24, 2.45) is 17.8 Å². The van der Waals surface area contributed by atoms with Crippen LogP contribution in [0.4, 0.5) is 0 Å². The maximum absolute atomic E-state index is 6.17. The van der Waals surface area contributed by atoms with E-state index in [9.17, 15) is 0 Å². The number of hydrogen-bond donors (Lipinski definition) is 0. The Morgan fingerprint density at radius 2 is 1.75 bits per heavy atom. The van der Waals surface area contributed by atoms with E-state index in [0.29, 0.717) is 24.0 Å². The molecule has 0 aromatic carbocycles. The normalized spacial score (nSPS) is 42.3. The molecule has 2 aliphatic heterocycles. The van der Waals surface area contributed by atoms with Crippen LogP contribution in [0.25, 0.3) is 0 Å². The topological polar surface area (TPSA) is 18.5 Å². The zero-order valence-electron chi connectivity index (χ0n) is 12.9. The van der Waals surface area contributed by atoms with Crippen molar-refractivity contribution >= 4 is 0 Å². The van der Waals surface area contributed by atoms with E-state index in [4.69, 9.17) is 9.47 Å². The van der Waals surface area contributed by atoms with Crippen LogP contribution in [0, 0.1) is 17.8 Å². The Bertz CT molecular complexity index is 369. The lowest BCUT2D eigenvalue weighted by Gasteiger charge is -2.39. The number of ether oxygens (including phenoxy) is 2. The summed E-state index contributed by atoms with van der Waals surface area (Å²) in [6.07, 6.45) is 13.9. The lowest BCUT2D eigenvalue weighted by atomic mass is 9.80. The molecule has 3 rings (SSSR count). The molecule has 2 fully saturated rings.